The van der Waals surface area contributed by atoms with E-state index in [4.69, 9.17) is 25.5 Å². The summed E-state index contributed by atoms with van der Waals surface area (Å²) in [6.07, 6.45) is -1.30. The van der Waals surface area contributed by atoms with E-state index in [2.05, 4.69) is 13.8 Å². The number of unbranched alkanes of at least 4 members (excludes halogenated alkanes) is 3. The van der Waals surface area contributed by atoms with Crippen molar-refractivity contribution in [2.75, 3.05) is 6.61 Å². The zero-order valence-electron chi connectivity index (χ0n) is 14.0. The average molecular weight is 324 g/mol. The second-order valence-corrected chi connectivity index (χ2v) is 4.97. The predicted octanol–water partition coefficient (Wildman–Crippen LogP) is -0.197. The van der Waals surface area contributed by atoms with E-state index in [0.717, 1.165) is 0 Å². The molecule has 0 aliphatic carbocycles. The molecule has 22 heavy (non-hydrogen) atoms. The first-order valence-electron chi connectivity index (χ1n) is 7.44. The van der Waals surface area contributed by atoms with Crippen LogP contribution in [-0.4, -0.2) is 68.6 Å². The summed E-state index contributed by atoms with van der Waals surface area (Å²) in [6, 6.07) is 0. The Morgan fingerprint density at radius 1 is 0.955 bits per heavy atom. The third-order valence-electron chi connectivity index (χ3n) is 2.38. The molecule has 0 heterocycles. The Kier molecular flexibility index (Phi) is 21.5. The Balaban J connectivity index is -0.000000300. The minimum absolute atomic E-state index is 0.0258. The zero-order chi connectivity index (χ0) is 18.1. The Labute approximate surface area is 132 Å². The van der Waals surface area contributed by atoms with Crippen LogP contribution in [-0.2, 0) is 9.59 Å². The van der Waals surface area contributed by atoms with Gasteiger partial charge in [0.05, 0.1) is 6.61 Å². The number of aliphatic hydroxyl groups is 5. The minimum Gasteiger partial charge on any atom is -0.394 e. The van der Waals surface area contributed by atoms with E-state index in [1.165, 1.54) is 39.5 Å². The quantitative estimate of drug-likeness (QED) is 0.308. The standard InChI is InChI=1S/C6H12O6.C6H14.C3H6O/c7-1-3(9)5(11)6(12)4(10)2-8;1-3-5-6-4-2;1-3(2)4/h1,3-6,8-12H,2H2;3-6H2,1-2H3;1-2H3/t3-,4+,5+,6+;;/m0../s1. The van der Waals surface area contributed by atoms with E-state index in [9.17, 15) is 9.59 Å². The molecular weight excluding hydrogens is 292 g/mol. The predicted molar refractivity (Wildman–Crippen MR) is 83.3 cm³/mol. The average Bonchev–Trinajstić information content (AvgIpc) is 2.49. The van der Waals surface area contributed by atoms with Gasteiger partial charge in [-0.15, -0.1) is 0 Å². The molecule has 7 heteroatoms. The molecule has 0 saturated carbocycles. The van der Waals surface area contributed by atoms with Crippen LogP contribution in [0.25, 0.3) is 0 Å². The van der Waals surface area contributed by atoms with Crippen LogP contribution in [0.4, 0.5) is 0 Å². The van der Waals surface area contributed by atoms with Crippen LogP contribution in [0, 0.1) is 0 Å². The summed E-state index contributed by atoms with van der Waals surface area (Å²) in [5.41, 5.74) is 0. The van der Waals surface area contributed by atoms with Crippen molar-refractivity contribution < 1.29 is 35.1 Å². The molecule has 0 saturated heterocycles. The number of carbonyl (C=O) groups is 2. The maximum Gasteiger partial charge on any atom is 0.151 e. The van der Waals surface area contributed by atoms with Crippen LogP contribution >= 0.6 is 0 Å². The fourth-order valence-electron chi connectivity index (χ4n) is 1.12. The molecule has 0 spiro atoms. The summed E-state index contributed by atoms with van der Waals surface area (Å²) < 4.78 is 0. The highest BCUT2D eigenvalue weighted by atomic mass is 16.4. The molecule has 0 fully saturated rings. The van der Waals surface area contributed by atoms with Gasteiger partial charge in [-0.05, 0) is 13.8 Å². The van der Waals surface area contributed by atoms with Gasteiger partial charge in [-0.2, -0.15) is 0 Å². The van der Waals surface area contributed by atoms with Gasteiger partial charge in [0, 0.05) is 0 Å². The number of Topliss-reactive ketones (excluding diaryl/α,β-unsaturated/α-hetero) is 1. The number of aldehydes is 1. The number of hydrogen-bond donors (Lipinski definition) is 5. The van der Waals surface area contributed by atoms with Gasteiger partial charge in [-0.1, -0.05) is 39.5 Å². The first kappa shape index (κ1) is 26.1. The van der Waals surface area contributed by atoms with E-state index in [1.807, 2.05) is 0 Å². The van der Waals surface area contributed by atoms with Crippen LogP contribution < -0.4 is 0 Å². The van der Waals surface area contributed by atoms with Gasteiger partial charge >= 0.3 is 0 Å². The first-order valence-corrected chi connectivity index (χ1v) is 7.44. The second-order valence-electron chi connectivity index (χ2n) is 4.97. The Bertz CT molecular complexity index is 250. The lowest BCUT2D eigenvalue weighted by Gasteiger charge is -2.22. The SMILES string of the molecule is CC(C)=O.CCCCCC.O=C[C@H](O)[C@@H](O)[C@H](O)[C@H](O)CO. The van der Waals surface area contributed by atoms with E-state index < -0.39 is 31.0 Å². The molecule has 0 bridgehead atoms. The second kappa shape index (κ2) is 18.2. The maximum atomic E-state index is 9.90. The van der Waals surface area contributed by atoms with Crippen molar-refractivity contribution in [2.45, 2.75) is 77.8 Å². The Hall–Kier alpha value is -0.860. The van der Waals surface area contributed by atoms with E-state index >= 15 is 0 Å². The Morgan fingerprint density at radius 2 is 1.32 bits per heavy atom. The van der Waals surface area contributed by atoms with Crippen LogP contribution in [0.15, 0.2) is 0 Å². The van der Waals surface area contributed by atoms with Crippen LogP contribution in [0.1, 0.15) is 53.4 Å². The molecule has 0 aliphatic heterocycles. The van der Waals surface area contributed by atoms with Crippen molar-refractivity contribution in [3.05, 3.63) is 0 Å². The van der Waals surface area contributed by atoms with Crippen molar-refractivity contribution >= 4 is 12.1 Å². The highest BCUT2D eigenvalue weighted by Gasteiger charge is 2.29. The van der Waals surface area contributed by atoms with E-state index in [1.54, 1.807) is 0 Å². The normalized spacial score (nSPS) is 15.1. The van der Waals surface area contributed by atoms with Crippen molar-refractivity contribution in [2.24, 2.45) is 0 Å². The molecule has 0 aromatic rings. The number of rotatable bonds is 8. The number of ketones is 1. The third-order valence-corrected chi connectivity index (χ3v) is 2.38. The monoisotopic (exact) mass is 324 g/mol. The summed E-state index contributed by atoms with van der Waals surface area (Å²) in [7, 11) is 0. The van der Waals surface area contributed by atoms with Gasteiger partial charge in [0.25, 0.3) is 0 Å². The summed E-state index contributed by atoms with van der Waals surface area (Å²) in [4.78, 5) is 19.3. The topological polar surface area (TPSA) is 135 Å². The first-order chi connectivity index (χ1) is 10.2. The van der Waals surface area contributed by atoms with Gasteiger partial charge in [0.1, 0.15) is 30.2 Å². The number of carbonyl (C=O) groups excluding carboxylic acids is 2. The molecule has 7 nitrogen and oxygen atoms in total. The summed E-state index contributed by atoms with van der Waals surface area (Å²) in [5.74, 6) is 0.167. The van der Waals surface area contributed by atoms with E-state index in [0.29, 0.717) is 0 Å². The highest BCUT2D eigenvalue weighted by molar-refractivity contribution is 5.72. The summed E-state index contributed by atoms with van der Waals surface area (Å²) >= 11 is 0. The van der Waals surface area contributed by atoms with Gasteiger partial charge in [0.15, 0.2) is 6.29 Å². The molecule has 0 rings (SSSR count). The van der Waals surface area contributed by atoms with Gasteiger partial charge in [-0.3, -0.25) is 0 Å². The van der Waals surface area contributed by atoms with Crippen molar-refractivity contribution in [3.8, 4) is 0 Å². The van der Waals surface area contributed by atoms with Crippen LogP contribution in [0.5, 0.6) is 0 Å². The van der Waals surface area contributed by atoms with Crippen molar-refractivity contribution in [3.63, 3.8) is 0 Å². The molecule has 4 atom stereocenters. The number of hydrogen-bond acceptors (Lipinski definition) is 7. The van der Waals surface area contributed by atoms with Gasteiger partial charge in [-0.25, -0.2) is 0 Å². The van der Waals surface area contributed by atoms with Crippen LogP contribution in [0.2, 0.25) is 0 Å². The largest absolute Gasteiger partial charge is 0.394 e. The minimum atomic E-state index is -1.79. The molecule has 0 radical (unpaired) electrons. The lowest BCUT2D eigenvalue weighted by atomic mass is 10.0. The smallest absolute Gasteiger partial charge is 0.151 e. The fourth-order valence-corrected chi connectivity index (χ4v) is 1.12. The molecule has 134 valence electrons. The Morgan fingerprint density at radius 3 is 1.55 bits per heavy atom. The lowest BCUT2D eigenvalue weighted by Crippen LogP contribution is -2.46. The van der Waals surface area contributed by atoms with Crippen LogP contribution in [0.3, 0.4) is 0 Å². The van der Waals surface area contributed by atoms with Crippen molar-refractivity contribution in [1.82, 2.24) is 0 Å². The molecular formula is C15H32O7. The highest BCUT2D eigenvalue weighted by Crippen LogP contribution is 2.02. The molecule has 0 aliphatic rings. The molecule has 0 amide bonds. The molecule has 0 aromatic carbocycles. The third kappa shape index (κ3) is 19.1. The van der Waals surface area contributed by atoms with Crippen molar-refractivity contribution in [1.29, 1.82) is 0 Å². The molecule has 5 N–H and O–H groups in total. The lowest BCUT2D eigenvalue weighted by molar-refractivity contribution is -0.136. The number of aliphatic hydroxyl groups excluding tert-OH is 5. The summed E-state index contributed by atoms with van der Waals surface area (Å²) in [6.45, 7) is 6.76. The van der Waals surface area contributed by atoms with Gasteiger partial charge in [0.2, 0.25) is 0 Å². The van der Waals surface area contributed by atoms with Gasteiger partial charge < -0.3 is 35.1 Å². The maximum absolute atomic E-state index is 9.90. The summed E-state index contributed by atoms with van der Waals surface area (Å²) in [5, 5.41) is 43.5. The fraction of sp³-hybridized carbons (Fsp3) is 0.867. The van der Waals surface area contributed by atoms with E-state index in [-0.39, 0.29) is 12.1 Å². The molecule has 0 unspecified atom stereocenters. The molecule has 0 aromatic heterocycles. The zero-order valence-corrected chi connectivity index (χ0v) is 14.0.